The van der Waals surface area contributed by atoms with Crippen molar-refractivity contribution in [3.05, 3.63) is 106 Å². The molecule has 1 N–H and O–H groups in total. The van der Waals surface area contributed by atoms with Gasteiger partial charge in [-0.2, -0.15) is 0 Å². The molecule has 2 aromatic heterocycles. The van der Waals surface area contributed by atoms with Crippen LogP contribution in [0.5, 0.6) is 0 Å². The summed E-state index contributed by atoms with van der Waals surface area (Å²) < 4.78 is 19.2. The molecule has 5 nitrogen and oxygen atoms in total. The molecule has 1 amide bonds. The molecular formula is C33H29FN2O3S. The lowest BCUT2D eigenvalue weighted by molar-refractivity contribution is 0.0380. The van der Waals surface area contributed by atoms with Crippen molar-refractivity contribution in [3.8, 4) is 22.4 Å². The molecule has 0 aliphatic rings. The number of aromatic nitrogens is 1. The molecule has 0 saturated carbocycles. The number of carbonyl (C=O) groups excluding carboxylic acids is 2. The second kappa shape index (κ2) is 11.0. The molecule has 5 aromatic rings. The summed E-state index contributed by atoms with van der Waals surface area (Å²) in [7, 11) is 0. The standard InChI is InChI=1S/C33H29FN2O3S/c1-18(2)39-33(38)30-29(22-12-14-24(34)15-13-22)21(5)40-32(30)36-31(37)26-17-28(23-11-10-19(3)20(4)16-23)35-27-9-7-6-8-25(26)27/h6-18H,1-5H3,(H,36,37). The number of pyridine rings is 1. The molecule has 0 spiro atoms. The van der Waals surface area contributed by atoms with E-state index in [-0.39, 0.29) is 23.4 Å². The normalized spacial score (nSPS) is 11.2. The number of halogens is 1. The summed E-state index contributed by atoms with van der Waals surface area (Å²) in [6.45, 7) is 9.50. The first-order valence-corrected chi connectivity index (χ1v) is 13.8. The molecule has 0 atom stereocenters. The van der Waals surface area contributed by atoms with Crippen LogP contribution in [0.2, 0.25) is 0 Å². The summed E-state index contributed by atoms with van der Waals surface area (Å²) in [5, 5.41) is 4.07. The molecule has 40 heavy (non-hydrogen) atoms. The maximum Gasteiger partial charge on any atom is 0.342 e. The topological polar surface area (TPSA) is 68.3 Å². The Labute approximate surface area is 236 Å². The predicted molar refractivity (Wildman–Crippen MR) is 160 cm³/mol. The van der Waals surface area contributed by atoms with E-state index in [0.717, 1.165) is 16.0 Å². The van der Waals surface area contributed by atoms with E-state index in [1.54, 1.807) is 32.0 Å². The fourth-order valence-electron chi connectivity index (χ4n) is 4.65. The number of esters is 1. The summed E-state index contributed by atoms with van der Waals surface area (Å²) in [6, 6.07) is 21.3. The minimum Gasteiger partial charge on any atom is -0.459 e. The molecule has 2 heterocycles. The number of benzene rings is 3. The number of nitrogens with one attached hydrogen (secondary N) is 1. The van der Waals surface area contributed by atoms with E-state index in [4.69, 9.17) is 9.72 Å². The zero-order chi connectivity index (χ0) is 28.6. The van der Waals surface area contributed by atoms with Gasteiger partial charge < -0.3 is 10.1 Å². The number of hydrogen-bond donors (Lipinski definition) is 1. The fraction of sp³-hybridized carbons (Fsp3) is 0.182. The maximum absolute atomic E-state index is 13.9. The first kappa shape index (κ1) is 27.2. The highest BCUT2D eigenvalue weighted by Crippen LogP contribution is 2.41. The van der Waals surface area contributed by atoms with Crippen molar-refractivity contribution in [3.63, 3.8) is 0 Å². The Bertz CT molecular complexity index is 1760. The minimum atomic E-state index is -0.551. The molecule has 0 aliphatic heterocycles. The van der Waals surface area contributed by atoms with E-state index >= 15 is 0 Å². The number of fused-ring (bicyclic) bond motifs is 1. The number of hydrogen-bond acceptors (Lipinski definition) is 5. The van der Waals surface area contributed by atoms with Gasteiger partial charge in [0.25, 0.3) is 5.91 Å². The van der Waals surface area contributed by atoms with Crippen molar-refractivity contribution in [1.29, 1.82) is 0 Å². The van der Waals surface area contributed by atoms with E-state index in [0.29, 0.717) is 38.3 Å². The molecule has 5 rings (SSSR count). The second-order valence-corrected chi connectivity index (χ2v) is 11.2. The van der Waals surface area contributed by atoms with E-state index in [1.165, 1.54) is 29.0 Å². The van der Waals surface area contributed by atoms with Crippen LogP contribution >= 0.6 is 11.3 Å². The number of carbonyl (C=O) groups is 2. The van der Waals surface area contributed by atoms with Crippen molar-refractivity contribution in [2.75, 3.05) is 5.32 Å². The zero-order valence-corrected chi connectivity index (χ0v) is 23.8. The molecule has 0 radical (unpaired) electrons. The minimum absolute atomic E-state index is 0.254. The third-order valence-electron chi connectivity index (χ3n) is 6.75. The molecule has 0 saturated heterocycles. The van der Waals surface area contributed by atoms with Gasteiger partial charge in [-0.05, 0) is 81.6 Å². The lowest BCUT2D eigenvalue weighted by Gasteiger charge is -2.13. The fourth-order valence-corrected chi connectivity index (χ4v) is 5.71. The second-order valence-electron chi connectivity index (χ2n) is 10.0. The van der Waals surface area contributed by atoms with Crippen molar-refractivity contribution >= 4 is 39.1 Å². The summed E-state index contributed by atoms with van der Waals surface area (Å²) in [4.78, 5) is 32.9. The van der Waals surface area contributed by atoms with Gasteiger partial charge in [-0.3, -0.25) is 4.79 Å². The van der Waals surface area contributed by atoms with E-state index in [9.17, 15) is 14.0 Å². The molecule has 0 unspecified atom stereocenters. The Morgan fingerprint density at radius 3 is 2.30 bits per heavy atom. The van der Waals surface area contributed by atoms with Crippen LogP contribution in [0.3, 0.4) is 0 Å². The third-order valence-corrected chi connectivity index (χ3v) is 7.78. The van der Waals surface area contributed by atoms with Gasteiger partial charge in [0.05, 0.1) is 22.9 Å². The van der Waals surface area contributed by atoms with Gasteiger partial charge in [-0.15, -0.1) is 11.3 Å². The Kier molecular flexibility index (Phi) is 7.50. The van der Waals surface area contributed by atoms with Gasteiger partial charge in [0.1, 0.15) is 16.4 Å². The number of anilines is 1. The Balaban J connectivity index is 1.62. The van der Waals surface area contributed by atoms with Gasteiger partial charge in [0.2, 0.25) is 0 Å². The Morgan fingerprint density at radius 2 is 1.60 bits per heavy atom. The van der Waals surface area contributed by atoms with Crippen LogP contribution in [0.4, 0.5) is 9.39 Å². The molecule has 0 bridgehead atoms. The molecule has 0 fully saturated rings. The summed E-state index contributed by atoms with van der Waals surface area (Å²) in [6.07, 6.45) is -0.359. The van der Waals surface area contributed by atoms with Crippen LogP contribution in [0.15, 0.2) is 72.8 Å². The Morgan fingerprint density at radius 1 is 0.900 bits per heavy atom. The number of aryl methyl sites for hydroxylation is 3. The average molecular weight is 553 g/mol. The number of amides is 1. The monoisotopic (exact) mass is 552 g/mol. The highest BCUT2D eigenvalue weighted by atomic mass is 32.1. The lowest BCUT2D eigenvalue weighted by atomic mass is 10.00. The number of ether oxygens (including phenoxy) is 1. The van der Waals surface area contributed by atoms with Gasteiger partial charge in [-0.25, -0.2) is 14.2 Å². The summed E-state index contributed by atoms with van der Waals surface area (Å²) >= 11 is 1.29. The zero-order valence-electron chi connectivity index (χ0n) is 23.0. The molecule has 3 aromatic carbocycles. The number of rotatable bonds is 6. The number of para-hydroxylation sites is 1. The smallest absolute Gasteiger partial charge is 0.342 e. The Hall–Kier alpha value is -4.36. The van der Waals surface area contributed by atoms with Gasteiger partial charge in [-0.1, -0.05) is 42.5 Å². The van der Waals surface area contributed by atoms with Crippen LogP contribution < -0.4 is 5.32 Å². The van der Waals surface area contributed by atoms with Crippen LogP contribution in [0.25, 0.3) is 33.3 Å². The number of nitrogens with zero attached hydrogens (tertiary/aromatic N) is 1. The van der Waals surface area contributed by atoms with Gasteiger partial charge in [0.15, 0.2) is 0 Å². The molecule has 7 heteroatoms. The molecule has 202 valence electrons. The third kappa shape index (κ3) is 5.38. The van der Waals surface area contributed by atoms with Crippen molar-refractivity contribution in [2.24, 2.45) is 0 Å². The van der Waals surface area contributed by atoms with Crippen LogP contribution in [0.1, 0.15) is 50.6 Å². The van der Waals surface area contributed by atoms with Crippen LogP contribution in [-0.2, 0) is 4.74 Å². The largest absolute Gasteiger partial charge is 0.459 e. The van der Waals surface area contributed by atoms with Gasteiger partial charge >= 0.3 is 5.97 Å². The molecule has 0 aliphatic carbocycles. The number of thiophene rings is 1. The van der Waals surface area contributed by atoms with Crippen molar-refractivity contribution in [2.45, 2.75) is 40.7 Å². The average Bonchev–Trinajstić information content (AvgIpc) is 3.24. The predicted octanol–water partition coefficient (Wildman–Crippen LogP) is 8.51. The highest BCUT2D eigenvalue weighted by molar-refractivity contribution is 7.17. The summed E-state index contributed by atoms with van der Waals surface area (Å²) in [5.74, 6) is -1.29. The summed E-state index contributed by atoms with van der Waals surface area (Å²) in [5.41, 5.74) is 6.56. The van der Waals surface area contributed by atoms with Crippen LogP contribution in [-0.4, -0.2) is 23.0 Å². The maximum atomic E-state index is 13.9. The molecular weight excluding hydrogens is 523 g/mol. The van der Waals surface area contributed by atoms with E-state index in [2.05, 4.69) is 18.3 Å². The van der Waals surface area contributed by atoms with E-state index < -0.39 is 5.97 Å². The van der Waals surface area contributed by atoms with Crippen molar-refractivity contribution < 1.29 is 18.7 Å². The quantitative estimate of drug-likeness (QED) is 0.214. The van der Waals surface area contributed by atoms with E-state index in [1.807, 2.05) is 50.2 Å². The highest BCUT2D eigenvalue weighted by Gasteiger charge is 2.27. The lowest BCUT2D eigenvalue weighted by Crippen LogP contribution is -2.17. The first-order valence-electron chi connectivity index (χ1n) is 13.0. The van der Waals surface area contributed by atoms with Crippen molar-refractivity contribution in [1.82, 2.24) is 4.98 Å². The van der Waals surface area contributed by atoms with Crippen LogP contribution in [0, 0.1) is 26.6 Å². The van der Waals surface area contributed by atoms with Gasteiger partial charge in [0, 0.05) is 21.4 Å². The SMILES string of the molecule is Cc1ccc(-c2cc(C(=O)Nc3sc(C)c(-c4ccc(F)cc4)c3C(=O)OC(C)C)c3ccccc3n2)cc1C. The first-order chi connectivity index (χ1) is 19.1.